The van der Waals surface area contributed by atoms with E-state index in [1.807, 2.05) is 13.8 Å². The second-order valence-electron chi connectivity index (χ2n) is 9.29. The molecule has 8 nitrogen and oxygen atoms in total. The Kier molecular flexibility index (Phi) is 6.83. The van der Waals surface area contributed by atoms with Crippen LogP contribution in [-0.4, -0.2) is 61.0 Å². The Morgan fingerprint density at radius 1 is 1.00 bits per heavy atom. The monoisotopic (exact) mass is 497 g/mol. The van der Waals surface area contributed by atoms with Gasteiger partial charge in [-0.1, -0.05) is 39.8 Å². The highest BCUT2D eigenvalue weighted by Crippen LogP contribution is 2.34. The highest BCUT2D eigenvalue weighted by atomic mass is 32.2. The van der Waals surface area contributed by atoms with Gasteiger partial charge in [0.2, 0.25) is 15.9 Å². The van der Waals surface area contributed by atoms with Crippen LogP contribution in [0.15, 0.2) is 47.4 Å². The van der Waals surface area contributed by atoms with Crippen LogP contribution in [0.5, 0.6) is 0 Å². The van der Waals surface area contributed by atoms with Gasteiger partial charge in [0.15, 0.2) is 0 Å². The van der Waals surface area contributed by atoms with Gasteiger partial charge in [0.25, 0.3) is 11.8 Å². The van der Waals surface area contributed by atoms with E-state index in [2.05, 4.69) is 0 Å². The average Bonchev–Trinajstić information content (AvgIpc) is 3.36. The van der Waals surface area contributed by atoms with Crippen molar-refractivity contribution in [3.05, 3.63) is 59.2 Å². The van der Waals surface area contributed by atoms with Crippen molar-refractivity contribution in [1.82, 2.24) is 9.21 Å². The van der Waals surface area contributed by atoms with Crippen molar-refractivity contribution in [3.8, 4) is 0 Å². The molecule has 4 rings (SSSR count). The van der Waals surface area contributed by atoms with Crippen LogP contribution in [0.4, 0.5) is 5.69 Å². The lowest BCUT2D eigenvalue weighted by molar-refractivity contribution is -0.122. The first kappa shape index (κ1) is 25.1. The van der Waals surface area contributed by atoms with Crippen LogP contribution in [0.25, 0.3) is 0 Å². The Morgan fingerprint density at radius 2 is 1.60 bits per heavy atom. The number of sulfonamides is 1. The molecule has 0 aliphatic carbocycles. The Labute approximate surface area is 206 Å². The number of hydrogen-bond acceptors (Lipinski definition) is 5. The third-order valence-electron chi connectivity index (χ3n) is 6.67. The molecule has 1 atom stereocenters. The summed E-state index contributed by atoms with van der Waals surface area (Å²) >= 11 is 0. The summed E-state index contributed by atoms with van der Waals surface area (Å²) in [5, 5.41) is 0. The fraction of sp³-hybridized carbons (Fsp3) is 0.423. The van der Waals surface area contributed by atoms with Gasteiger partial charge in [-0.2, -0.15) is 4.31 Å². The number of carbonyl (C=O) groups excluding carboxylic acids is 3. The molecule has 2 aliphatic heterocycles. The predicted octanol–water partition coefficient (Wildman–Crippen LogP) is 3.32. The minimum atomic E-state index is -3.62. The van der Waals surface area contributed by atoms with Gasteiger partial charge in [-0.25, -0.2) is 8.42 Å². The quantitative estimate of drug-likeness (QED) is 0.522. The molecule has 0 bridgehead atoms. The van der Waals surface area contributed by atoms with Crippen molar-refractivity contribution in [2.45, 2.75) is 51.5 Å². The topological polar surface area (TPSA) is 95.1 Å². The van der Waals surface area contributed by atoms with E-state index in [1.165, 1.54) is 10.4 Å². The standard InChI is InChI=1S/C26H31N3O5S/c1-5-27(6-2)35(33,34)19-11-12-22-18(16-19)13-14-28(22)26(32)23(15-17(3)4)29-24(30)20-9-7-8-10-21(20)25(29)31/h7-12,16-17,23H,5-6,13-15H2,1-4H3. The summed E-state index contributed by atoms with van der Waals surface area (Å²) in [5.41, 5.74) is 2.01. The van der Waals surface area contributed by atoms with Crippen molar-refractivity contribution in [3.63, 3.8) is 0 Å². The molecule has 35 heavy (non-hydrogen) atoms. The zero-order valence-electron chi connectivity index (χ0n) is 20.5. The van der Waals surface area contributed by atoms with Crippen LogP contribution in [0.1, 0.15) is 60.4 Å². The number of anilines is 1. The summed E-state index contributed by atoms with van der Waals surface area (Å²) in [6, 6.07) is 10.5. The Hall–Kier alpha value is -3.04. The number of amides is 3. The molecule has 0 N–H and O–H groups in total. The fourth-order valence-corrected chi connectivity index (χ4v) is 6.42. The predicted molar refractivity (Wildman–Crippen MR) is 133 cm³/mol. The molecule has 0 saturated heterocycles. The smallest absolute Gasteiger partial charge is 0.262 e. The van der Waals surface area contributed by atoms with Gasteiger partial charge in [-0.15, -0.1) is 0 Å². The summed E-state index contributed by atoms with van der Waals surface area (Å²) in [6.07, 6.45) is 0.837. The molecule has 2 aromatic carbocycles. The van der Waals surface area contributed by atoms with Gasteiger partial charge >= 0.3 is 0 Å². The SMILES string of the molecule is CCN(CC)S(=O)(=O)c1ccc2c(c1)CCN2C(=O)C(CC(C)C)N1C(=O)c2ccccc2C1=O. The van der Waals surface area contributed by atoms with Crippen molar-refractivity contribution in [2.75, 3.05) is 24.5 Å². The van der Waals surface area contributed by atoms with E-state index in [1.54, 1.807) is 55.1 Å². The molecule has 2 aliphatic rings. The van der Waals surface area contributed by atoms with E-state index in [-0.39, 0.29) is 16.7 Å². The lowest BCUT2D eigenvalue weighted by Crippen LogP contribution is -2.51. The molecule has 0 fully saturated rings. The average molecular weight is 498 g/mol. The van der Waals surface area contributed by atoms with Crippen LogP contribution < -0.4 is 4.90 Å². The molecule has 2 aromatic rings. The van der Waals surface area contributed by atoms with Crippen LogP contribution in [-0.2, 0) is 21.2 Å². The lowest BCUT2D eigenvalue weighted by Gasteiger charge is -2.30. The maximum absolute atomic E-state index is 13.8. The molecule has 0 saturated carbocycles. The van der Waals surface area contributed by atoms with Gasteiger partial charge < -0.3 is 4.90 Å². The minimum Gasteiger partial charge on any atom is -0.310 e. The van der Waals surface area contributed by atoms with E-state index in [9.17, 15) is 22.8 Å². The normalized spacial score (nSPS) is 16.3. The largest absolute Gasteiger partial charge is 0.310 e. The number of rotatable bonds is 8. The van der Waals surface area contributed by atoms with Gasteiger partial charge in [0, 0.05) is 25.3 Å². The third kappa shape index (κ3) is 4.27. The molecular weight excluding hydrogens is 466 g/mol. The number of hydrogen-bond donors (Lipinski definition) is 0. The molecule has 9 heteroatoms. The molecular formula is C26H31N3O5S. The highest BCUT2D eigenvalue weighted by Gasteiger charge is 2.45. The summed E-state index contributed by atoms with van der Waals surface area (Å²) in [6.45, 7) is 8.59. The fourth-order valence-electron chi connectivity index (χ4n) is 4.91. The van der Waals surface area contributed by atoms with Gasteiger partial charge in [-0.05, 0) is 54.7 Å². The molecule has 1 unspecified atom stereocenters. The number of imide groups is 1. The van der Waals surface area contributed by atoms with Crippen LogP contribution in [0.2, 0.25) is 0 Å². The lowest BCUT2D eigenvalue weighted by atomic mass is 10.0. The zero-order valence-corrected chi connectivity index (χ0v) is 21.3. The van der Waals surface area contributed by atoms with Crippen LogP contribution in [0.3, 0.4) is 0 Å². The van der Waals surface area contributed by atoms with E-state index >= 15 is 0 Å². The first-order valence-corrected chi connectivity index (χ1v) is 13.5. The minimum absolute atomic E-state index is 0.0666. The number of fused-ring (bicyclic) bond motifs is 2. The van der Waals surface area contributed by atoms with Gasteiger partial charge in [-0.3, -0.25) is 19.3 Å². The van der Waals surface area contributed by atoms with E-state index in [0.29, 0.717) is 49.3 Å². The summed E-state index contributed by atoms with van der Waals surface area (Å²) in [4.78, 5) is 43.0. The van der Waals surface area contributed by atoms with E-state index < -0.39 is 27.9 Å². The van der Waals surface area contributed by atoms with Crippen molar-refractivity contribution >= 4 is 33.4 Å². The molecule has 2 heterocycles. The summed E-state index contributed by atoms with van der Waals surface area (Å²) < 4.78 is 27.3. The molecule has 3 amide bonds. The molecule has 0 aromatic heterocycles. The summed E-state index contributed by atoms with van der Waals surface area (Å²) in [7, 11) is -3.62. The van der Waals surface area contributed by atoms with E-state index in [0.717, 1.165) is 10.5 Å². The Bertz CT molecular complexity index is 1250. The second kappa shape index (κ2) is 9.54. The molecule has 186 valence electrons. The maximum Gasteiger partial charge on any atom is 0.262 e. The Morgan fingerprint density at radius 3 is 2.14 bits per heavy atom. The van der Waals surface area contributed by atoms with E-state index in [4.69, 9.17) is 0 Å². The maximum atomic E-state index is 13.8. The first-order valence-electron chi connectivity index (χ1n) is 12.0. The van der Waals surface area contributed by atoms with Crippen molar-refractivity contribution in [1.29, 1.82) is 0 Å². The van der Waals surface area contributed by atoms with Crippen LogP contribution >= 0.6 is 0 Å². The zero-order chi connectivity index (χ0) is 25.5. The first-order chi connectivity index (χ1) is 16.6. The number of nitrogens with zero attached hydrogens (tertiary/aromatic N) is 3. The third-order valence-corrected chi connectivity index (χ3v) is 8.72. The Balaban J connectivity index is 1.66. The van der Waals surface area contributed by atoms with Crippen molar-refractivity contribution < 1.29 is 22.8 Å². The molecule has 0 spiro atoms. The van der Waals surface area contributed by atoms with Crippen LogP contribution in [0, 0.1) is 5.92 Å². The van der Waals surface area contributed by atoms with Gasteiger partial charge in [0.1, 0.15) is 6.04 Å². The molecule has 0 radical (unpaired) electrons. The van der Waals surface area contributed by atoms with Gasteiger partial charge in [0.05, 0.1) is 16.0 Å². The van der Waals surface area contributed by atoms with Crippen molar-refractivity contribution in [2.24, 2.45) is 5.92 Å². The highest BCUT2D eigenvalue weighted by molar-refractivity contribution is 7.89. The number of carbonyl (C=O) groups is 3. The second-order valence-corrected chi connectivity index (χ2v) is 11.2. The summed E-state index contributed by atoms with van der Waals surface area (Å²) in [5.74, 6) is -1.17. The number of benzene rings is 2.